The first kappa shape index (κ1) is 20.1. The van der Waals surface area contributed by atoms with Gasteiger partial charge in [-0.15, -0.1) is 0 Å². The van der Waals surface area contributed by atoms with Gasteiger partial charge in [0.2, 0.25) is 0 Å². The average Bonchev–Trinajstić information content (AvgIpc) is 2.62. The van der Waals surface area contributed by atoms with Crippen LogP contribution in [0, 0.1) is 11.8 Å². The highest BCUT2D eigenvalue weighted by atomic mass is 19.3. The molecule has 0 aromatic heterocycles. The van der Waals surface area contributed by atoms with Crippen molar-refractivity contribution < 1.29 is 13.5 Å². The van der Waals surface area contributed by atoms with E-state index in [9.17, 15) is 8.78 Å². The largest absolute Gasteiger partial charge is 0.356 e. The maximum atomic E-state index is 14.2. The fraction of sp³-hybridized carbons (Fsp3) is 0.636. The molecule has 0 aliphatic heterocycles. The van der Waals surface area contributed by atoms with E-state index in [1.807, 2.05) is 31.2 Å². The third kappa shape index (κ3) is 7.27. The van der Waals surface area contributed by atoms with Crippen LogP contribution in [0.15, 0.2) is 36.4 Å². The lowest BCUT2D eigenvalue weighted by molar-refractivity contribution is -0.256. The Hall–Kier alpha value is -1.22. The molecule has 0 saturated heterocycles. The van der Waals surface area contributed by atoms with Crippen molar-refractivity contribution in [3.8, 4) is 0 Å². The summed E-state index contributed by atoms with van der Waals surface area (Å²) in [7, 11) is 0. The molecule has 140 valence electrons. The summed E-state index contributed by atoms with van der Waals surface area (Å²) >= 11 is 0. The predicted molar refractivity (Wildman–Crippen MR) is 99.7 cm³/mol. The highest BCUT2D eigenvalue weighted by Crippen LogP contribution is 2.38. The van der Waals surface area contributed by atoms with Crippen LogP contribution in [-0.4, -0.2) is 6.11 Å². The van der Waals surface area contributed by atoms with E-state index in [4.69, 9.17) is 4.74 Å². The fourth-order valence-electron chi connectivity index (χ4n) is 3.68. The predicted octanol–water partition coefficient (Wildman–Crippen LogP) is 6.91. The van der Waals surface area contributed by atoms with Crippen LogP contribution in [0.3, 0.4) is 0 Å². The highest BCUT2D eigenvalue weighted by molar-refractivity contribution is 5.21. The molecule has 1 nitrogen and oxygen atoms in total. The minimum Gasteiger partial charge on any atom is -0.316 e. The Morgan fingerprint density at radius 1 is 1.04 bits per heavy atom. The number of halogens is 2. The monoisotopic (exact) mass is 350 g/mol. The average molecular weight is 350 g/mol. The number of hydrogen-bond acceptors (Lipinski definition) is 1. The lowest BCUT2D eigenvalue weighted by Crippen LogP contribution is -2.27. The van der Waals surface area contributed by atoms with E-state index >= 15 is 0 Å². The first-order valence-corrected chi connectivity index (χ1v) is 9.73. The van der Waals surface area contributed by atoms with Crippen LogP contribution >= 0.6 is 0 Å². The van der Waals surface area contributed by atoms with Gasteiger partial charge < -0.3 is 4.74 Å². The van der Waals surface area contributed by atoms with Gasteiger partial charge in [0.25, 0.3) is 0 Å². The molecule has 0 amide bonds. The Bertz CT molecular complexity index is 513. The second-order valence-electron chi connectivity index (χ2n) is 7.33. The standard InChI is InChI=1S/C22H32F2O/c1-3-5-6-7-19-10-12-20(13-11-19)16-22(23,24)25-17-21-14-8-18(4-2)9-15-21/h3,5,8-9,14-15,19-20H,4,6-7,10-13,16-17H2,1-2H3. The zero-order valence-electron chi connectivity index (χ0n) is 15.6. The summed E-state index contributed by atoms with van der Waals surface area (Å²) in [5.41, 5.74) is 2.02. The molecule has 1 aliphatic carbocycles. The van der Waals surface area contributed by atoms with Gasteiger partial charge in [0.05, 0.1) is 6.61 Å². The van der Waals surface area contributed by atoms with Gasteiger partial charge in [-0.1, -0.05) is 56.2 Å². The Morgan fingerprint density at radius 3 is 2.24 bits per heavy atom. The van der Waals surface area contributed by atoms with Gasteiger partial charge >= 0.3 is 6.11 Å². The molecule has 1 aromatic rings. The van der Waals surface area contributed by atoms with E-state index < -0.39 is 6.11 Å². The van der Waals surface area contributed by atoms with Gasteiger partial charge in [-0.2, -0.15) is 8.78 Å². The smallest absolute Gasteiger partial charge is 0.316 e. The quantitative estimate of drug-likeness (QED) is 0.440. The summed E-state index contributed by atoms with van der Waals surface area (Å²) in [5, 5.41) is 0. The number of hydrogen-bond donors (Lipinski definition) is 0. The Labute approximate surface area is 151 Å². The van der Waals surface area contributed by atoms with E-state index in [-0.39, 0.29) is 18.9 Å². The van der Waals surface area contributed by atoms with E-state index in [0.717, 1.165) is 44.1 Å². The molecule has 25 heavy (non-hydrogen) atoms. The first-order valence-electron chi connectivity index (χ1n) is 9.73. The van der Waals surface area contributed by atoms with Crippen molar-refractivity contribution in [2.45, 2.75) is 77.9 Å². The zero-order valence-corrected chi connectivity index (χ0v) is 15.6. The minimum atomic E-state index is -3.02. The van der Waals surface area contributed by atoms with Gasteiger partial charge in [0, 0.05) is 6.42 Å². The molecule has 1 aromatic carbocycles. The number of ether oxygens (including phenoxy) is 1. The molecule has 0 radical (unpaired) electrons. The molecule has 0 spiro atoms. The number of alkyl halides is 2. The number of rotatable bonds is 9. The van der Waals surface area contributed by atoms with Crippen LogP contribution in [0.5, 0.6) is 0 Å². The van der Waals surface area contributed by atoms with Gasteiger partial charge in [0.15, 0.2) is 0 Å². The molecule has 1 fully saturated rings. The normalized spacial score (nSPS) is 21.8. The van der Waals surface area contributed by atoms with Crippen molar-refractivity contribution in [2.75, 3.05) is 0 Å². The maximum Gasteiger partial charge on any atom is 0.356 e. The van der Waals surface area contributed by atoms with Crippen molar-refractivity contribution in [1.82, 2.24) is 0 Å². The fourth-order valence-corrected chi connectivity index (χ4v) is 3.68. The molecular weight excluding hydrogens is 318 g/mol. The van der Waals surface area contributed by atoms with Gasteiger partial charge in [-0.25, -0.2) is 0 Å². The zero-order chi connectivity index (χ0) is 18.1. The maximum absolute atomic E-state index is 14.2. The lowest BCUT2D eigenvalue weighted by atomic mass is 9.78. The van der Waals surface area contributed by atoms with Crippen LogP contribution in [0.2, 0.25) is 0 Å². The van der Waals surface area contributed by atoms with Gasteiger partial charge in [0.1, 0.15) is 0 Å². The topological polar surface area (TPSA) is 9.23 Å². The second kappa shape index (κ2) is 10.1. The van der Waals surface area contributed by atoms with E-state index in [1.165, 1.54) is 12.0 Å². The number of benzene rings is 1. The van der Waals surface area contributed by atoms with Crippen molar-refractivity contribution in [3.05, 3.63) is 47.5 Å². The highest BCUT2D eigenvalue weighted by Gasteiger charge is 2.35. The second-order valence-corrected chi connectivity index (χ2v) is 7.33. The molecule has 0 N–H and O–H groups in total. The molecule has 0 heterocycles. The molecular formula is C22H32F2O. The van der Waals surface area contributed by atoms with Crippen molar-refractivity contribution in [3.63, 3.8) is 0 Å². The van der Waals surface area contributed by atoms with Crippen LogP contribution in [-0.2, 0) is 17.8 Å². The van der Waals surface area contributed by atoms with Gasteiger partial charge in [-0.3, -0.25) is 0 Å². The Balaban J connectivity index is 1.71. The summed E-state index contributed by atoms with van der Waals surface area (Å²) in [4.78, 5) is 0. The first-order chi connectivity index (χ1) is 12.0. The van der Waals surface area contributed by atoms with Crippen LogP contribution < -0.4 is 0 Å². The molecule has 2 rings (SSSR count). The molecule has 0 bridgehead atoms. The van der Waals surface area contributed by atoms with Gasteiger partial charge in [-0.05, 0) is 62.0 Å². The van der Waals surface area contributed by atoms with E-state index in [1.54, 1.807) is 0 Å². The number of allylic oxidation sites excluding steroid dienone is 2. The van der Waals surface area contributed by atoms with Crippen LogP contribution in [0.4, 0.5) is 8.78 Å². The lowest BCUT2D eigenvalue weighted by Gasteiger charge is -2.30. The summed E-state index contributed by atoms with van der Waals surface area (Å²) in [6.07, 6.45) is 8.35. The van der Waals surface area contributed by atoms with E-state index in [0.29, 0.717) is 5.92 Å². The van der Waals surface area contributed by atoms with Crippen LogP contribution in [0.1, 0.15) is 69.9 Å². The van der Waals surface area contributed by atoms with Crippen molar-refractivity contribution in [2.24, 2.45) is 11.8 Å². The van der Waals surface area contributed by atoms with Crippen LogP contribution in [0.25, 0.3) is 0 Å². The summed E-state index contributed by atoms with van der Waals surface area (Å²) in [6.45, 7) is 4.10. The van der Waals surface area contributed by atoms with E-state index in [2.05, 4.69) is 19.1 Å². The SMILES string of the molecule is CC=CCCC1CCC(CC(F)(F)OCc2ccc(CC)cc2)CC1. The molecule has 1 aliphatic rings. The Kier molecular flexibility index (Phi) is 8.08. The van der Waals surface area contributed by atoms with Crippen molar-refractivity contribution in [1.29, 1.82) is 0 Å². The third-order valence-electron chi connectivity index (χ3n) is 5.35. The summed E-state index contributed by atoms with van der Waals surface area (Å²) in [5.74, 6) is 0.800. The van der Waals surface area contributed by atoms with Crippen molar-refractivity contribution >= 4 is 0 Å². The third-order valence-corrected chi connectivity index (χ3v) is 5.35. The molecule has 3 heteroatoms. The molecule has 0 atom stereocenters. The summed E-state index contributed by atoms with van der Waals surface area (Å²) < 4.78 is 33.3. The minimum absolute atomic E-state index is 0.0182. The molecule has 1 saturated carbocycles. The number of aryl methyl sites for hydroxylation is 1. The Morgan fingerprint density at radius 2 is 1.64 bits per heavy atom. The molecule has 0 unspecified atom stereocenters. The summed E-state index contributed by atoms with van der Waals surface area (Å²) in [6, 6.07) is 7.72.